The summed E-state index contributed by atoms with van der Waals surface area (Å²) in [4.78, 5) is 15.4. The molecule has 0 spiro atoms. The summed E-state index contributed by atoms with van der Waals surface area (Å²) in [5, 5.41) is 3.19. The molecule has 2 rings (SSSR count). The van der Waals surface area contributed by atoms with E-state index < -0.39 is 5.54 Å². The summed E-state index contributed by atoms with van der Waals surface area (Å²) in [6, 6.07) is 0.340. The normalized spacial score (nSPS) is 27.9. The molecule has 3 atom stereocenters. The Morgan fingerprint density at radius 3 is 2.25 bits per heavy atom. The lowest BCUT2D eigenvalue weighted by atomic mass is 9.54. The van der Waals surface area contributed by atoms with Gasteiger partial charge >= 0.3 is 0 Å². The number of rotatable bonds is 9. The summed E-state index contributed by atoms with van der Waals surface area (Å²) in [7, 11) is 0. The minimum atomic E-state index is -0.851. The Bertz CT molecular complexity index is 472. The van der Waals surface area contributed by atoms with Crippen LogP contribution in [-0.4, -0.2) is 67.9 Å². The maximum absolute atomic E-state index is 13.0. The number of nitrogens with zero attached hydrogens (tertiary/aromatic N) is 1. The average molecular weight is 442 g/mol. The first-order valence-electron chi connectivity index (χ1n) is 10.3. The molecule has 1 aliphatic heterocycles. The van der Waals surface area contributed by atoms with E-state index in [1.54, 1.807) is 0 Å². The number of carbonyl (C=O) groups is 1. The SMILES string of the molecule is CCOC1CC(N)(C(=O)NCC(C(CC)CC)N2CCOCC2)C1(C)C.Cl.Cl. The Morgan fingerprint density at radius 2 is 1.79 bits per heavy atom. The molecule has 0 aromatic heterocycles. The Morgan fingerprint density at radius 1 is 1.21 bits per heavy atom. The first-order chi connectivity index (χ1) is 12.3. The van der Waals surface area contributed by atoms with Crippen LogP contribution in [0.4, 0.5) is 0 Å². The third-order valence-corrected chi connectivity index (χ3v) is 6.81. The summed E-state index contributed by atoms with van der Waals surface area (Å²) in [5.74, 6) is 0.523. The molecule has 1 amide bonds. The molecule has 2 fully saturated rings. The van der Waals surface area contributed by atoms with Gasteiger partial charge in [0.1, 0.15) is 5.54 Å². The van der Waals surface area contributed by atoms with E-state index in [4.69, 9.17) is 15.2 Å². The number of ether oxygens (including phenoxy) is 2. The van der Waals surface area contributed by atoms with Crippen molar-refractivity contribution in [2.45, 2.75) is 71.6 Å². The van der Waals surface area contributed by atoms with Crippen LogP contribution in [0.5, 0.6) is 0 Å². The molecule has 6 nitrogen and oxygen atoms in total. The largest absolute Gasteiger partial charge is 0.379 e. The van der Waals surface area contributed by atoms with Gasteiger partial charge in [-0.2, -0.15) is 0 Å². The third-order valence-electron chi connectivity index (χ3n) is 6.81. The zero-order valence-corrected chi connectivity index (χ0v) is 19.8. The number of carbonyl (C=O) groups excluding carboxylic acids is 1. The second-order valence-electron chi connectivity index (χ2n) is 8.34. The maximum Gasteiger partial charge on any atom is 0.240 e. The van der Waals surface area contributed by atoms with E-state index in [0.29, 0.717) is 31.5 Å². The molecule has 168 valence electrons. The van der Waals surface area contributed by atoms with Crippen molar-refractivity contribution in [3.63, 3.8) is 0 Å². The van der Waals surface area contributed by atoms with Gasteiger partial charge in [-0.3, -0.25) is 9.69 Å². The first kappa shape index (κ1) is 27.9. The molecule has 28 heavy (non-hydrogen) atoms. The minimum absolute atomic E-state index is 0. The Hall–Kier alpha value is -0.110. The van der Waals surface area contributed by atoms with E-state index in [1.807, 2.05) is 20.8 Å². The molecule has 0 radical (unpaired) electrons. The fourth-order valence-corrected chi connectivity index (χ4v) is 4.51. The lowest BCUT2D eigenvalue weighted by Crippen LogP contribution is -2.76. The first-order valence-corrected chi connectivity index (χ1v) is 10.3. The van der Waals surface area contributed by atoms with Gasteiger partial charge in [0, 0.05) is 44.1 Å². The maximum atomic E-state index is 13.0. The van der Waals surface area contributed by atoms with Crippen LogP contribution in [0.3, 0.4) is 0 Å². The van der Waals surface area contributed by atoms with Gasteiger partial charge in [-0.25, -0.2) is 0 Å². The Balaban J connectivity index is 0.00000364. The van der Waals surface area contributed by atoms with Crippen LogP contribution < -0.4 is 11.1 Å². The van der Waals surface area contributed by atoms with Gasteiger partial charge in [0.15, 0.2) is 0 Å². The van der Waals surface area contributed by atoms with Crippen molar-refractivity contribution in [3.8, 4) is 0 Å². The predicted molar refractivity (Wildman–Crippen MR) is 118 cm³/mol. The molecule has 8 heteroatoms. The molecule has 1 saturated carbocycles. The number of halogens is 2. The number of nitrogens with one attached hydrogen (secondary N) is 1. The summed E-state index contributed by atoms with van der Waals surface area (Å²) in [6.45, 7) is 15.2. The van der Waals surface area contributed by atoms with Gasteiger partial charge in [0.25, 0.3) is 0 Å². The smallest absolute Gasteiger partial charge is 0.240 e. The molecule has 1 heterocycles. The summed E-state index contributed by atoms with van der Waals surface area (Å²) in [5.41, 5.74) is 5.32. The molecular formula is C20H41Cl2N3O3. The zero-order valence-electron chi connectivity index (χ0n) is 18.2. The minimum Gasteiger partial charge on any atom is -0.379 e. The zero-order chi connectivity index (χ0) is 19.4. The van der Waals surface area contributed by atoms with Gasteiger partial charge < -0.3 is 20.5 Å². The number of hydrogen-bond acceptors (Lipinski definition) is 5. The van der Waals surface area contributed by atoms with Crippen molar-refractivity contribution < 1.29 is 14.3 Å². The molecule has 0 aromatic rings. The van der Waals surface area contributed by atoms with Gasteiger partial charge in [-0.05, 0) is 12.8 Å². The van der Waals surface area contributed by atoms with E-state index in [2.05, 4.69) is 24.1 Å². The number of morpholine rings is 1. The van der Waals surface area contributed by atoms with Crippen molar-refractivity contribution in [2.75, 3.05) is 39.5 Å². The highest BCUT2D eigenvalue weighted by molar-refractivity contribution is 5.88. The van der Waals surface area contributed by atoms with Crippen LogP contribution >= 0.6 is 24.8 Å². The highest BCUT2D eigenvalue weighted by Crippen LogP contribution is 2.49. The monoisotopic (exact) mass is 441 g/mol. The van der Waals surface area contributed by atoms with Crippen LogP contribution in [0.1, 0.15) is 53.9 Å². The standard InChI is InChI=1S/C20H39N3O3.2ClH/c1-6-15(7-2)16(23-9-11-25-12-10-23)14-22-18(24)20(21)13-17(26-8-3)19(20,4)5;;/h15-17H,6-14,21H2,1-5H3,(H,22,24);2*1H. The molecular weight excluding hydrogens is 401 g/mol. The molecule has 3 N–H and O–H groups in total. The molecule has 0 aromatic carbocycles. The lowest BCUT2D eigenvalue weighted by Gasteiger charge is -2.57. The Kier molecular flexibility index (Phi) is 11.9. The van der Waals surface area contributed by atoms with Crippen LogP contribution in [-0.2, 0) is 14.3 Å². The van der Waals surface area contributed by atoms with Crippen molar-refractivity contribution in [2.24, 2.45) is 17.1 Å². The topological polar surface area (TPSA) is 76.8 Å². The van der Waals surface area contributed by atoms with Crippen molar-refractivity contribution in [1.82, 2.24) is 10.2 Å². The van der Waals surface area contributed by atoms with E-state index in [-0.39, 0.29) is 42.2 Å². The van der Waals surface area contributed by atoms with Crippen LogP contribution in [0.15, 0.2) is 0 Å². The lowest BCUT2D eigenvalue weighted by molar-refractivity contribution is -0.170. The summed E-state index contributed by atoms with van der Waals surface area (Å²) < 4.78 is 11.3. The molecule has 3 unspecified atom stereocenters. The molecule has 1 saturated heterocycles. The molecule has 2 aliphatic rings. The average Bonchev–Trinajstić information content (AvgIpc) is 2.65. The second kappa shape index (κ2) is 11.9. The van der Waals surface area contributed by atoms with E-state index in [1.165, 1.54) is 0 Å². The molecule has 1 aliphatic carbocycles. The van der Waals surface area contributed by atoms with Crippen LogP contribution in [0.25, 0.3) is 0 Å². The van der Waals surface area contributed by atoms with E-state index in [9.17, 15) is 4.79 Å². The second-order valence-corrected chi connectivity index (χ2v) is 8.34. The summed E-state index contributed by atoms with van der Waals surface area (Å²) in [6.07, 6.45) is 2.87. The number of amides is 1. The predicted octanol–water partition coefficient (Wildman–Crippen LogP) is 2.62. The number of nitrogens with two attached hydrogens (primary N) is 1. The summed E-state index contributed by atoms with van der Waals surface area (Å²) >= 11 is 0. The van der Waals surface area contributed by atoms with Crippen molar-refractivity contribution >= 4 is 30.7 Å². The highest BCUT2D eigenvalue weighted by atomic mass is 35.5. The quantitative estimate of drug-likeness (QED) is 0.574. The van der Waals surface area contributed by atoms with Crippen LogP contribution in [0.2, 0.25) is 0 Å². The van der Waals surface area contributed by atoms with Crippen molar-refractivity contribution in [1.29, 1.82) is 0 Å². The van der Waals surface area contributed by atoms with Gasteiger partial charge in [0.2, 0.25) is 5.91 Å². The van der Waals surface area contributed by atoms with Crippen LogP contribution in [0, 0.1) is 11.3 Å². The van der Waals surface area contributed by atoms with Gasteiger partial charge in [0.05, 0.1) is 19.3 Å². The number of hydrogen-bond donors (Lipinski definition) is 2. The fraction of sp³-hybridized carbons (Fsp3) is 0.950. The fourth-order valence-electron chi connectivity index (χ4n) is 4.51. The van der Waals surface area contributed by atoms with Crippen molar-refractivity contribution in [3.05, 3.63) is 0 Å². The third kappa shape index (κ3) is 5.52. The van der Waals surface area contributed by atoms with E-state index >= 15 is 0 Å². The van der Waals surface area contributed by atoms with Gasteiger partial charge in [-0.1, -0.05) is 40.5 Å². The molecule has 0 bridgehead atoms. The van der Waals surface area contributed by atoms with E-state index in [0.717, 1.165) is 39.1 Å². The Labute approximate surface area is 183 Å². The van der Waals surface area contributed by atoms with Gasteiger partial charge in [-0.15, -0.1) is 24.8 Å². The highest BCUT2D eigenvalue weighted by Gasteiger charge is 2.62.